The summed E-state index contributed by atoms with van der Waals surface area (Å²) in [4.78, 5) is 28.6. The number of likely N-dealkylation sites (N-methyl/N-ethyl adjacent to an activating group) is 1. The van der Waals surface area contributed by atoms with Crippen LogP contribution in [0.25, 0.3) is 5.65 Å². The fourth-order valence-electron chi connectivity index (χ4n) is 5.95. The first-order valence-corrected chi connectivity index (χ1v) is 17.4. The molecule has 2 aliphatic rings. The molecule has 0 aliphatic carbocycles. The zero-order valence-electron chi connectivity index (χ0n) is 30.4. The van der Waals surface area contributed by atoms with E-state index in [0.717, 1.165) is 71.2 Å². The topological polar surface area (TPSA) is 99.8 Å². The van der Waals surface area contributed by atoms with Gasteiger partial charge in [-0.2, -0.15) is 5.10 Å². The van der Waals surface area contributed by atoms with Gasteiger partial charge in [0.15, 0.2) is 11.4 Å². The number of amides is 1. The van der Waals surface area contributed by atoms with E-state index in [9.17, 15) is 4.79 Å². The molecule has 50 heavy (non-hydrogen) atoms. The highest BCUT2D eigenvalue weighted by Gasteiger charge is 2.37. The Morgan fingerprint density at radius 1 is 1.16 bits per heavy atom. The third kappa shape index (κ3) is 8.70. The van der Waals surface area contributed by atoms with Crippen LogP contribution in [0.3, 0.4) is 0 Å². The van der Waals surface area contributed by atoms with E-state index in [0.29, 0.717) is 31.3 Å². The number of hydrogen-bond acceptors (Lipinski definition) is 8. The molecular weight excluding hydrogens is 628 g/mol. The van der Waals surface area contributed by atoms with Crippen molar-refractivity contribution in [3.8, 4) is 11.5 Å². The number of pyridine rings is 1. The summed E-state index contributed by atoms with van der Waals surface area (Å²) in [5, 5.41) is 7.78. The van der Waals surface area contributed by atoms with Gasteiger partial charge >= 0.3 is 0 Å². The van der Waals surface area contributed by atoms with Crippen LogP contribution in [-0.4, -0.2) is 94.0 Å². The summed E-state index contributed by atoms with van der Waals surface area (Å²) in [6, 6.07) is 9.79. The third-order valence-electron chi connectivity index (χ3n) is 8.64. The molecule has 2 fully saturated rings. The summed E-state index contributed by atoms with van der Waals surface area (Å²) in [5.41, 5.74) is 5.53. The predicted octanol–water partition coefficient (Wildman–Crippen LogP) is 6.74. The van der Waals surface area contributed by atoms with Gasteiger partial charge in [-0.15, -0.1) is 0 Å². The van der Waals surface area contributed by atoms with Gasteiger partial charge in [0.05, 0.1) is 17.3 Å². The molecule has 2 aromatic heterocycles. The van der Waals surface area contributed by atoms with Crippen molar-refractivity contribution in [3.05, 3.63) is 108 Å². The minimum absolute atomic E-state index is 0.0451. The highest BCUT2D eigenvalue weighted by molar-refractivity contribution is 6.11. The lowest BCUT2D eigenvalue weighted by atomic mass is 9.98. The number of carbonyl (C=O) groups is 1. The summed E-state index contributed by atoms with van der Waals surface area (Å²) < 4.78 is 14.6. The van der Waals surface area contributed by atoms with Crippen LogP contribution >= 0.6 is 0 Å². The molecule has 2 saturated heterocycles. The molecule has 0 bridgehead atoms. The van der Waals surface area contributed by atoms with Crippen LogP contribution < -0.4 is 10.1 Å². The molecule has 1 unspecified atom stereocenters. The summed E-state index contributed by atoms with van der Waals surface area (Å²) in [6.07, 6.45) is 16.9. The molecule has 11 heteroatoms. The zero-order valence-corrected chi connectivity index (χ0v) is 30.4. The van der Waals surface area contributed by atoms with E-state index in [4.69, 9.17) is 14.5 Å². The number of aromatic nitrogens is 3. The van der Waals surface area contributed by atoms with Gasteiger partial charge in [0.1, 0.15) is 30.3 Å². The molecule has 0 saturated carbocycles. The molecule has 1 N–H and O–H groups in total. The second-order valence-electron chi connectivity index (χ2n) is 12.7. The van der Waals surface area contributed by atoms with Gasteiger partial charge in [0.2, 0.25) is 5.91 Å². The lowest BCUT2D eigenvalue weighted by molar-refractivity contribution is -0.129. The molecule has 2 aliphatic heterocycles. The van der Waals surface area contributed by atoms with Gasteiger partial charge in [-0.1, -0.05) is 38.2 Å². The SMILES string of the molecule is C\C=C(C)/C(C(=N/C=C/CC)/Nc1ccc(Oc2ccn3ncnc3c2)c(C)c1)=C1/OCC2CN(C(=O)/C=C/CN(C)C)CCN2/C1=C\CC. The molecule has 1 amide bonds. The quantitative estimate of drug-likeness (QED) is 0.135. The number of amidine groups is 1. The van der Waals surface area contributed by atoms with Crippen molar-refractivity contribution < 1.29 is 14.3 Å². The van der Waals surface area contributed by atoms with Crippen LogP contribution in [0, 0.1) is 6.92 Å². The second-order valence-corrected chi connectivity index (χ2v) is 12.7. The lowest BCUT2D eigenvalue weighted by Gasteiger charge is -2.47. The minimum atomic E-state index is 0.0451. The van der Waals surface area contributed by atoms with Crippen molar-refractivity contribution in [1.82, 2.24) is 29.3 Å². The molecule has 4 heterocycles. The highest BCUT2D eigenvalue weighted by atomic mass is 16.5. The van der Waals surface area contributed by atoms with Crippen LogP contribution in [0.15, 0.2) is 107 Å². The largest absolute Gasteiger partial charge is 0.488 e. The maximum Gasteiger partial charge on any atom is 0.246 e. The Morgan fingerprint density at radius 2 is 2.00 bits per heavy atom. The summed E-state index contributed by atoms with van der Waals surface area (Å²) in [6.45, 7) is 13.5. The number of morpholine rings is 1. The smallest absolute Gasteiger partial charge is 0.246 e. The van der Waals surface area contributed by atoms with E-state index in [-0.39, 0.29) is 11.9 Å². The molecule has 0 spiro atoms. The first kappa shape index (κ1) is 36.1. The van der Waals surface area contributed by atoms with Crippen LogP contribution in [0.1, 0.15) is 46.1 Å². The van der Waals surface area contributed by atoms with E-state index in [1.165, 1.54) is 6.33 Å². The third-order valence-corrected chi connectivity index (χ3v) is 8.64. The van der Waals surface area contributed by atoms with Gasteiger partial charge in [-0.25, -0.2) is 14.5 Å². The number of nitrogens with one attached hydrogen (secondary N) is 1. The Hall–Kier alpha value is -5.16. The average molecular weight is 679 g/mol. The van der Waals surface area contributed by atoms with Gasteiger partial charge < -0.3 is 29.5 Å². The van der Waals surface area contributed by atoms with Crippen LogP contribution in [0.5, 0.6) is 11.5 Å². The number of carbonyl (C=O) groups excluding carboxylic acids is 1. The number of allylic oxidation sites excluding steroid dienone is 3. The number of aliphatic imine (C=N–C) groups is 1. The lowest BCUT2D eigenvalue weighted by Crippen LogP contribution is -2.57. The number of piperazine rings is 1. The minimum Gasteiger partial charge on any atom is -0.488 e. The van der Waals surface area contributed by atoms with Crippen molar-refractivity contribution in [3.63, 3.8) is 0 Å². The van der Waals surface area contributed by atoms with Crippen LogP contribution in [-0.2, 0) is 9.53 Å². The van der Waals surface area contributed by atoms with Crippen molar-refractivity contribution in [1.29, 1.82) is 0 Å². The Balaban J connectivity index is 1.44. The number of fused-ring (bicyclic) bond motifs is 2. The fourth-order valence-corrected chi connectivity index (χ4v) is 5.95. The van der Waals surface area contributed by atoms with E-state index in [1.807, 2.05) is 86.6 Å². The van der Waals surface area contributed by atoms with Crippen molar-refractivity contribution in [2.45, 2.75) is 53.5 Å². The highest BCUT2D eigenvalue weighted by Crippen LogP contribution is 2.35. The number of aryl methyl sites for hydroxylation is 1. The maximum atomic E-state index is 13.0. The first-order chi connectivity index (χ1) is 24.2. The Bertz CT molecular complexity index is 1850. The molecule has 264 valence electrons. The number of ether oxygens (including phenoxy) is 2. The average Bonchev–Trinajstić information content (AvgIpc) is 3.58. The monoisotopic (exact) mass is 678 g/mol. The predicted molar refractivity (Wildman–Crippen MR) is 200 cm³/mol. The van der Waals surface area contributed by atoms with Gasteiger partial charge in [0.25, 0.3) is 0 Å². The normalized spacial score (nSPS) is 19.1. The molecule has 1 atom stereocenters. The van der Waals surface area contributed by atoms with Gasteiger partial charge in [-0.3, -0.25) is 4.79 Å². The zero-order chi connectivity index (χ0) is 35.6. The van der Waals surface area contributed by atoms with E-state index >= 15 is 0 Å². The molecular formula is C39H50N8O3. The molecule has 1 aromatic carbocycles. The van der Waals surface area contributed by atoms with E-state index in [2.05, 4.69) is 59.3 Å². The fraction of sp³-hybridized carbons (Fsp3) is 0.385. The van der Waals surface area contributed by atoms with E-state index in [1.54, 1.807) is 10.6 Å². The molecule has 3 aromatic rings. The molecule has 11 nitrogen and oxygen atoms in total. The number of rotatable bonds is 11. The van der Waals surface area contributed by atoms with Crippen molar-refractivity contribution in [2.75, 3.05) is 52.2 Å². The Labute approximate surface area is 296 Å². The standard InChI is InChI=1S/C39H50N8O3/c1-8-11-18-40-39(43-30-15-16-34(29(5)23-30)50-32-17-20-47-35(24-32)41-27-42-47)37(28(4)10-3)38-33(13-9-2)46-22-21-45(25-31(46)26-49-38)36(48)14-12-19-44(6)7/h10-18,20,23-24,27,31H,8-9,19,21-22,25-26H2,1-7H3,(H,40,43)/b14-12+,18-11+,28-10-,33-13-,38-37-. The van der Waals surface area contributed by atoms with E-state index < -0.39 is 0 Å². The summed E-state index contributed by atoms with van der Waals surface area (Å²) >= 11 is 0. The van der Waals surface area contributed by atoms with Crippen LogP contribution in [0.4, 0.5) is 5.69 Å². The van der Waals surface area contributed by atoms with Crippen molar-refractivity contribution in [2.24, 2.45) is 4.99 Å². The molecule has 0 radical (unpaired) electrons. The summed E-state index contributed by atoms with van der Waals surface area (Å²) in [7, 11) is 3.98. The Kier molecular flexibility index (Phi) is 12.3. The molecule has 5 rings (SSSR count). The summed E-state index contributed by atoms with van der Waals surface area (Å²) in [5.74, 6) is 2.95. The number of anilines is 1. The first-order valence-electron chi connectivity index (χ1n) is 17.4. The van der Waals surface area contributed by atoms with Gasteiger partial charge in [-0.05, 0) is 83.1 Å². The second kappa shape index (κ2) is 17.0. The van der Waals surface area contributed by atoms with Crippen LogP contribution in [0.2, 0.25) is 0 Å². The van der Waals surface area contributed by atoms with Crippen molar-refractivity contribution >= 4 is 23.1 Å². The number of hydrogen-bond donors (Lipinski definition) is 1. The maximum absolute atomic E-state index is 13.0. The Morgan fingerprint density at radius 3 is 2.74 bits per heavy atom. The number of benzene rings is 1. The number of nitrogens with zero attached hydrogens (tertiary/aromatic N) is 7. The van der Waals surface area contributed by atoms with Gasteiger partial charge in [0, 0.05) is 56.4 Å².